The lowest BCUT2D eigenvalue weighted by Crippen LogP contribution is -2.39. The second-order valence-corrected chi connectivity index (χ2v) is 5.04. The van der Waals surface area contributed by atoms with E-state index < -0.39 is 0 Å². The zero-order valence-electron chi connectivity index (χ0n) is 14.2. The van der Waals surface area contributed by atoms with E-state index in [0.29, 0.717) is 12.9 Å². The topological polar surface area (TPSA) is 114 Å². The highest BCUT2D eigenvalue weighted by atomic mass is 16.5. The molecule has 1 fully saturated rings. The molecule has 0 radical (unpaired) electrons. The average Bonchev–Trinajstić information content (AvgIpc) is 2.61. The number of nitrogen functional groups attached to an aromatic ring is 1. The number of nitrogens with zero attached hydrogens (tertiary/aromatic N) is 3. The van der Waals surface area contributed by atoms with Crippen LogP contribution in [0.5, 0.6) is 5.88 Å². The van der Waals surface area contributed by atoms with Crippen LogP contribution < -0.4 is 15.8 Å². The smallest absolute Gasteiger partial charge is 0.234 e. The van der Waals surface area contributed by atoms with E-state index in [4.69, 9.17) is 20.5 Å². The molecule has 0 saturated carbocycles. The number of morpholine rings is 1. The van der Waals surface area contributed by atoms with Crippen LogP contribution in [0, 0.1) is 11.3 Å². The Balaban J connectivity index is 0.000000254. The Morgan fingerprint density at radius 3 is 2.79 bits per heavy atom. The van der Waals surface area contributed by atoms with E-state index in [1.54, 1.807) is 6.92 Å². The monoisotopic (exact) mass is 335 g/mol. The molecule has 0 bridgehead atoms. The summed E-state index contributed by atoms with van der Waals surface area (Å²) in [5, 5.41) is 11.9. The molecule has 1 aromatic rings. The summed E-state index contributed by atoms with van der Waals surface area (Å²) >= 11 is 0. The number of ether oxygens (including phenoxy) is 2. The molecule has 0 spiro atoms. The van der Waals surface area contributed by atoms with Crippen molar-refractivity contribution in [3.8, 4) is 11.9 Å². The third-order valence-corrected chi connectivity index (χ3v) is 3.33. The number of carbonyl (C=O) groups is 1. The average molecular weight is 335 g/mol. The fourth-order valence-corrected chi connectivity index (χ4v) is 2.07. The van der Waals surface area contributed by atoms with Crippen LogP contribution in [0.4, 0.5) is 5.69 Å². The van der Waals surface area contributed by atoms with Crippen LogP contribution in [-0.2, 0) is 4.74 Å². The number of nitriles is 1. The van der Waals surface area contributed by atoms with Gasteiger partial charge in [-0.1, -0.05) is 0 Å². The molecule has 132 valence electrons. The predicted molar refractivity (Wildman–Crippen MR) is 91.1 cm³/mol. The van der Waals surface area contributed by atoms with Gasteiger partial charge in [-0.25, -0.2) is 4.98 Å². The van der Waals surface area contributed by atoms with Gasteiger partial charge in [0.2, 0.25) is 5.88 Å². The van der Waals surface area contributed by atoms with Crippen LogP contribution in [0.1, 0.15) is 23.0 Å². The summed E-state index contributed by atoms with van der Waals surface area (Å²) in [6.07, 6.45) is 0.556. The Morgan fingerprint density at radius 2 is 2.25 bits per heavy atom. The summed E-state index contributed by atoms with van der Waals surface area (Å²) in [5.74, 6) is 0.108. The molecule has 0 amide bonds. The van der Waals surface area contributed by atoms with Crippen molar-refractivity contribution >= 4 is 12.0 Å². The molecule has 2 rings (SSSR count). The molecule has 8 heteroatoms. The van der Waals surface area contributed by atoms with Crippen LogP contribution in [0.15, 0.2) is 6.07 Å². The predicted octanol–water partition coefficient (Wildman–Crippen LogP) is 0.285. The van der Waals surface area contributed by atoms with Crippen molar-refractivity contribution in [1.29, 1.82) is 5.26 Å². The fourth-order valence-electron chi connectivity index (χ4n) is 2.07. The molecule has 1 saturated heterocycles. The second-order valence-electron chi connectivity index (χ2n) is 5.04. The quantitative estimate of drug-likeness (QED) is 0.713. The van der Waals surface area contributed by atoms with Gasteiger partial charge >= 0.3 is 0 Å². The van der Waals surface area contributed by atoms with Crippen LogP contribution in [0.25, 0.3) is 0 Å². The molecule has 3 N–H and O–H groups in total. The van der Waals surface area contributed by atoms with E-state index in [2.05, 4.69) is 15.2 Å². The fraction of sp³-hybridized carbons (Fsp3) is 0.562. The Kier molecular flexibility index (Phi) is 9.38. The Labute approximate surface area is 142 Å². The van der Waals surface area contributed by atoms with Crippen molar-refractivity contribution < 1.29 is 14.3 Å². The van der Waals surface area contributed by atoms with E-state index in [1.165, 1.54) is 6.07 Å². The second kappa shape index (κ2) is 11.3. The van der Waals surface area contributed by atoms with Gasteiger partial charge in [0.1, 0.15) is 17.3 Å². The Hall–Kier alpha value is -2.21. The number of aldehydes is 1. The van der Waals surface area contributed by atoms with Crippen molar-refractivity contribution in [1.82, 2.24) is 15.2 Å². The maximum absolute atomic E-state index is 10.5. The van der Waals surface area contributed by atoms with Crippen LogP contribution in [-0.4, -0.2) is 69.2 Å². The molecule has 0 atom stereocenters. The van der Waals surface area contributed by atoms with Gasteiger partial charge in [-0.15, -0.1) is 0 Å². The number of hydrogen-bond donors (Lipinski definition) is 2. The molecule has 1 aliphatic heterocycles. The minimum absolute atomic E-state index is 0.108. The molecule has 0 aliphatic carbocycles. The first kappa shape index (κ1) is 19.8. The van der Waals surface area contributed by atoms with Gasteiger partial charge in [0.25, 0.3) is 0 Å². The lowest BCUT2D eigenvalue weighted by Gasteiger charge is -2.26. The van der Waals surface area contributed by atoms with Gasteiger partial charge in [0.15, 0.2) is 6.29 Å². The molecule has 1 aliphatic rings. The first-order chi connectivity index (χ1) is 11.7. The van der Waals surface area contributed by atoms with Crippen LogP contribution in [0.3, 0.4) is 0 Å². The van der Waals surface area contributed by atoms with E-state index in [1.807, 2.05) is 13.1 Å². The molecule has 2 heterocycles. The van der Waals surface area contributed by atoms with Crippen LogP contribution in [0.2, 0.25) is 0 Å². The lowest BCUT2D eigenvalue weighted by molar-refractivity contribution is 0.0386. The molecular formula is C16H25N5O3. The highest BCUT2D eigenvalue weighted by Crippen LogP contribution is 2.21. The molecule has 0 unspecified atom stereocenters. The van der Waals surface area contributed by atoms with Gasteiger partial charge in [-0.2, -0.15) is 5.26 Å². The number of nitrogens with two attached hydrogens (primary N) is 1. The van der Waals surface area contributed by atoms with Crippen molar-refractivity contribution in [2.45, 2.75) is 6.92 Å². The number of anilines is 1. The number of pyridine rings is 1. The summed E-state index contributed by atoms with van der Waals surface area (Å²) in [6.45, 7) is 8.37. The largest absolute Gasteiger partial charge is 0.477 e. The first-order valence-electron chi connectivity index (χ1n) is 7.89. The minimum atomic E-state index is 0.108. The summed E-state index contributed by atoms with van der Waals surface area (Å²) in [5.41, 5.74) is 6.06. The minimum Gasteiger partial charge on any atom is -0.477 e. The normalized spacial score (nSPS) is 14.2. The van der Waals surface area contributed by atoms with Crippen molar-refractivity contribution in [3.05, 3.63) is 17.3 Å². The zero-order chi connectivity index (χ0) is 17.8. The zero-order valence-corrected chi connectivity index (χ0v) is 14.2. The number of carbonyl (C=O) groups excluding carboxylic acids is 1. The Morgan fingerprint density at radius 1 is 1.54 bits per heavy atom. The third kappa shape index (κ3) is 6.50. The van der Waals surface area contributed by atoms with Crippen molar-refractivity contribution in [2.24, 2.45) is 0 Å². The highest BCUT2D eigenvalue weighted by molar-refractivity contribution is 5.76. The molecule has 24 heavy (non-hydrogen) atoms. The van der Waals surface area contributed by atoms with E-state index in [9.17, 15) is 4.79 Å². The number of likely N-dealkylation sites (N-methyl/N-ethyl adjacent to an activating group) is 1. The maximum atomic E-state index is 10.5. The molecule has 1 aromatic heterocycles. The highest BCUT2D eigenvalue weighted by Gasteiger charge is 2.11. The van der Waals surface area contributed by atoms with Crippen molar-refractivity contribution in [2.75, 3.05) is 58.8 Å². The standard InChI is InChI=1S/C9H9N3O2.C7H16N2O/c1-2-14-9-7(4-10)8(11)3-6(5-13)12-9;1-8-2-3-9-4-6-10-7-5-9/h3,5H,2H2,1H3,(H2,11,12);8H,2-7H2,1H3. The molecule has 8 nitrogen and oxygen atoms in total. The molecule has 0 aromatic carbocycles. The number of aromatic nitrogens is 1. The third-order valence-electron chi connectivity index (χ3n) is 3.33. The summed E-state index contributed by atoms with van der Waals surface area (Å²) < 4.78 is 10.3. The summed E-state index contributed by atoms with van der Waals surface area (Å²) in [4.78, 5) is 16.7. The number of hydrogen-bond acceptors (Lipinski definition) is 8. The summed E-state index contributed by atoms with van der Waals surface area (Å²) in [6, 6.07) is 3.21. The number of rotatable bonds is 6. The van der Waals surface area contributed by atoms with E-state index in [-0.39, 0.29) is 22.8 Å². The van der Waals surface area contributed by atoms with Gasteiger partial charge in [-0.3, -0.25) is 9.69 Å². The van der Waals surface area contributed by atoms with Crippen LogP contribution >= 0.6 is 0 Å². The van der Waals surface area contributed by atoms with E-state index >= 15 is 0 Å². The van der Waals surface area contributed by atoms with Gasteiger partial charge in [0, 0.05) is 26.2 Å². The maximum Gasteiger partial charge on any atom is 0.234 e. The van der Waals surface area contributed by atoms with Gasteiger partial charge in [-0.05, 0) is 20.0 Å². The van der Waals surface area contributed by atoms with Crippen molar-refractivity contribution in [3.63, 3.8) is 0 Å². The van der Waals surface area contributed by atoms with Gasteiger partial charge in [0.05, 0.1) is 25.5 Å². The Bertz CT molecular complexity index is 553. The van der Waals surface area contributed by atoms with E-state index in [0.717, 1.165) is 39.4 Å². The molecular weight excluding hydrogens is 310 g/mol. The lowest BCUT2D eigenvalue weighted by atomic mass is 10.2. The summed E-state index contributed by atoms with van der Waals surface area (Å²) in [7, 11) is 1.99. The van der Waals surface area contributed by atoms with Gasteiger partial charge < -0.3 is 20.5 Å². The first-order valence-corrected chi connectivity index (χ1v) is 7.89. The number of nitrogens with one attached hydrogen (secondary N) is 1. The SMILES string of the molecule is CCOc1nc(C=O)cc(N)c1C#N.CNCCN1CCOCC1.